The van der Waals surface area contributed by atoms with Gasteiger partial charge in [0.05, 0.1) is 73.9 Å². The molecule has 31 nitrogen and oxygen atoms in total. The van der Waals surface area contributed by atoms with Gasteiger partial charge in [-0.1, -0.05) is 35.1 Å². The van der Waals surface area contributed by atoms with Crippen LogP contribution in [0.1, 0.15) is 91.4 Å². The lowest BCUT2D eigenvalue weighted by Gasteiger charge is -2.23. The molecule has 0 bridgehead atoms. The fourth-order valence-electron chi connectivity index (χ4n) is 14.1. The highest BCUT2D eigenvalue weighted by Gasteiger charge is 2.57. The summed E-state index contributed by atoms with van der Waals surface area (Å²) < 4.78 is 77.6. The Labute approximate surface area is 565 Å². The van der Waals surface area contributed by atoms with E-state index < -0.39 is 35.6 Å². The molecule has 7 aliphatic rings. The summed E-state index contributed by atoms with van der Waals surface area (Å²) in [6.45, 7) is 11.2. The molecule has 504 valence electrons. The molecule has 0 radical (unpaired) electrons. The van der Waals surface area contributed by atoms with Gasteiger partial charge < -0.3 is 79.2 Å². The number of thioether (sulfide) groups is 2. The van der Waals surface area contributed by atoms with Crippen LogP contribution in [0.5, 0.6) is 0 Å². The highest BCUT2D eigenvalue weighted by molar-refractivity contribution is 7.98. The summed E-state index contributed by atoms with van der Waals surface area (Å²) in [7, 11) is 0.339. The van der Waals surface area contributed by atoms with Gasteiger partial charge in [-0.05, 0) is 103 Å². The molecule has 11 heterocycles. The molecule has 3 saturated heterocycles. The third-order valence-corrected chi connectivity index (χ3v) is 21.6. The Kier molecular flexibility index (Phi) is 20.1. The minimum atomic E-state index is -0.978. The first-order chi connectivity index (χ1) is 44.8. The summed E-state index contributed by atoms with van der Waals surface area (Å²) in [5.41, 5.74) is 22.2. The average molecular weight is 1450 g/mol. The Morgan fingerprint density at radius 2 is 0.787 bits per heavy atom. The molecule has 4 saturated carbocycles. The van der Waals surface area contributed by atoms with E-state index in [9.17, 15) is 29.0 Å². The fourth-order valence-corrected chi connectivity index (χ4v) is 17.1. The number of aromatic nitrogens is 16. The number of fused-ring (bicyclic) bond motifs is 7. The minimum absolute atomic E-state index is 0.00697. The van der Waals surface area contributed by atoms with Crippen LogP contribution in [-0.2, 0) is 42.1 Å². The van der Waals surface area contributed by atoms with Gasteiger partial charge in [0.1, 0.15) is 46.5 Å². The second kappa shape index (κ2) is 27.4. The Bertz CT molecular complexity index is 4030. The van der Waals surface area contributed by atoms with Crippen LogP contribution in [0.25, 0.3) is 44.7 Å². The highest BCUT2D eigenvalue weighted by Crippen LogP contribution is 2.52. The quantitative estimate of drug-likeness (QED) is 0.0277. The van der Waals surface area contributed by atoms with E-state index in [1.54, 1.807) is 29.9 Å². The van der Waals surface area contributed by atoms with E-state index >= 15 is 0 Å². The zero-order valence-corrected chi connectivity index (χ0v) is 58.5. The second-order valence-corrected chi connectivity index (χ2v) is 29.6. The van der Waals surface area contributed by atoms with Crippen molar-refractivity contribution in [2.24, 2.45) is 23.7 Å². The standard InChI is InChI=1S/C15H20N5O3PS.C14H15Cl2N4O3P.C14H17ClN5O3P.C12H17N5O3S/c1-15(2)22-10-7(5-24-21)4-8(11(10)23-15)20-6-17-9-12(16)18-14(25-3)19-13(9)20;1-14(2)22-9-6(4-24-21)3-7(10(9)23-14)20-5-17-8-11(15)18-13(16)19-12(8)20;1-14(2)22-9-6(4-24-21)3-7(10(9)23-14)20-5-17-8-11(16)18-13(15)19-12(8)20;1-21-12-15-10(13)7-11(16-12)17(4-14-7)6-2-5(3-18)8(19)9(6)20/h6-8,10-11H,4-5H2,1-3H3,(H2,16,18,19);5-7,9-10H,3-4H2,1-2H3;5-7,9-10H,3-4H2,1-2H3,(H2,16,18,19);4-6,8-9,18-20H,2-3H2,1H3,(H2,13,15,16)/t7-,8-,10?,11-;2*6-,7-,9?,10-;5-,6-,8?,9-/m1111/s1. The van der Waals surface area contributed by atoms with Gasteiger partial charge in [0.25, 0.3) is 0 Å². The van der Waals surface area contributed by atoms with Crippen LogP contribution in [0, 0.1) is 23.7 Å². The summed E-state index contributed by atoms with van der Waals surface area (Å²) in [5.74, 6) is -1.02. The number of rotatable bonds is 13. The lowest BCUT2D eigenvalue weighted by molar-refractivity contribution is -0.159. The van der Waals surface area contributed by atoms with Crippen molar-refractivity contribution in [1.29, 1.82) is 0 Å². The molecule has 15 rings (SSSR count). The van der Waals surface area contributed by atoms with Crippen molar-refractivity contribution in [2.75, 3.05) is 54.8 Å². The van der Waals surface area contributed by atoms with E-state index in [2.05, 4.69) is 59.8 Å². The predicted molar refractivity (Wildman–Crippen MR) is 350 cm³/mol. The molecule has 4 aliphatic carbocycles. The third-order valence-electron chi connectivity index (χ3n) is 18.0. The minimum Gasteiger partial charge on any atom is -0.396 e. The van der Waals surface area contributed by atoms with Crippen LogP contribution < -0.4 is 17.2 Å². The number of hydrogen-bond acceptors (Lipinski definition) is 29. The Hall–Kier alpha value is -4.89. The molecule has 0 spiro atoms. The van der Waals surface area contributed by atoms with Crippen molar-refractivity contribution in [3.8, 4) is 0 Å². The van der Waals surface area contributed by atoms with Crippen molar-refractivity contribution in [2.45, 2.75) is 168 Å². The van der Waals surface area contributed by atoms with E-state index in [1.807, 2.05) is 67.8 Å². The van der Waals surface area contributed by atoms with E-state index in [-0.39, 0.29) is 138 Å². The first kappa shape index (κ1) is 69.0. The zero-order chi connectivity index (χ0) is 67.0. The molecule has 3 aliphatic heterocycles. The van der Waals surface area contributed by atoms with Crippen LogP contribution in [0.4, 0.5) is 17.5 Å². The maximum absolute atomic E-state index is 11.2. The molecule has 8 aromatic rings. The molecule has 0 amide bonds. The van der Waals surface area contributed by atoms with Gasteiger partial charge >= 0.3 is 0 Å². The van der Waals surface area contributed by atoms with E-state index in [4.69, 9.17) is 80.4 Å². The summed E-state index contributed by atoms with van der Waals surface area (Å²) in [6.07, 6.45) is 12.0. The van der Waals surface area contributed by atoms with Gasteiger partial charge in [0.15, 0.2) is 98.2 Å². The van der Waals surface area contributed by atoms with Crippen molar-refractivity contribution >= 4 is 146 Å². The third kappa shape index (κ3) is 13.3. The monoisotopic (exact) mass is 1450 g/mol. The maximum Gasteiger partial charge on any atom is 0.226 e. The van der Waals surface area contributed by atoms with Gasteiger partial charge in [-0.2, -0.15) is 15.0 Å². The molecule has 7 fully saturated rings. The van der Waals surface area contributed by atoms with E-state index in [1.165, 1.54) is 23.5 Å². The van der Waals surface area contributed by atoms with Gasteiger partial charge in [-0.15, -0.1) is 0 Å². The number of nitrogens with two attached hydrogens (primary N) is 3. The molecule has 0 aromatic carbocycles. The molecular weight excluding hydrogens is 1380 g/mol. The number of halogens is 3. The maximum atomic E-state index is 11.2. The van der Waals surface area contributed by atoms with Gasteiger partial charge in [0.2, 0.25) is 10.6 Å². The van der Waals surface area contributed by atoms with Crippen molar-refractivity contribution in [3.63, 3.8) is 0 Å². The van der Waals surface area contributed by atoms with Crippen LogP contribution in [0.3, 0.4) is 0 Å². The molecule has 4 unspecified atom stereocenters. The molecule has 8 aromatic heterocycles. The Balaban J connectivity index is 0.000000121. The zero-order valence-electron chi connectivity index (χ0n) is 51.9. The number of ether oxygens (including phenoxy) is 6. The number of aliphatic hydroxyl groups excluding tert-OH is 3. The number of hydrogen-bond donors (Lipinski definition) is 6. The van der Waals surface area contributed by atoms with Crippen molar-refractivity contribution in [1.82, 2.24) is 78.1 Å². The number of anilines is 3. The van der Waals surface area contributed by atoms with Crippen LogP contribution >= 0.6 is 83.7 Å². The predicted octanol–water partition coefficient (Wildman–Crippen LogP) is 7.85. The lowest BCUT2D eigenvalue weighted by atomic mass is 10.1. The summed E-state index contributed by atoms with van der Waals surface area (Å²) >= 11 is 20.8. The second-order valence-electron chi connectivity index (χ2n) is 25.2. The normalized spacial score (nSPS) is 31.0. The topological polar surface area (TPSA) is 420 Å². The van der Waals surface area contributed by atoms with Crippen LogP contribution in [-0.4, -0.2) is 197 Å². The summed E-state index contributed by atoms with van der Waals surface area (Å²) in [6, 6.07) is -0.479. The summed E-state index contributed by atoms with van der Waals surface area (Å²) in [4.78, 5) is 51.0. The Morgan fingerprint density at radius 1 is 0.468 bits per heavy atom. The first-order valence-corrected chi connectivity index (χ1v) is 36.6. The SMILES string of the molecule is CC1(C)OC2[C@@H](CP=O)C[C@@H](n3cnc4c(Cl)nc(Cl)nc43)[C@H]2O1.CC1(C)OC2[C@@H](CP=O)C[C@@H](n3cnc4c(N)nc(Cl)nc43)[C@H]2O1.CSc1nc(N)c2ncn([C@@H]3C[C@H](CO)C(O)[C@@H]3O)c2n1.CSc1nc(N)c2ncn([C@@H]3C[C@H](CP=O)C4OC(C)(C)O[C@@H]43)c2n1. The first-order valence-electron chi connectivity index (χ1n) is 30.0. The van der Waals surface area contributed by atoms with Crippen molar-refractivity contribution in [3.05, 3.63) is 41.0 Å². The highest BCUT2D eigenvalue weighted by atomic mass is 35.5. The fraction of sp³-hybridized carbons (Fsp3) is 0.636. The number of aliphatic hydroxyl groups is 3. The van der Waals surface area contributed by atoms with E-state index in [0.717, 1.165) is 19.3 Å². The summed E-state index contributed by atoms with van der Waals surface area (Å²) in [5, 5.41) is 30.9. The molecule has 39 heteroatoms. The van der Waals surface area contributed by atoms with Gasteiger partial charge in [-0.25, -0.2) is 44.9 Å². The molecule has 9 N–H and O–H groups in total. The largest absolute Gasteiger partial charge is 0.396 e. The number of nitrogens with zero attached hydrogens (tertiary/aromatic N) is 16. The van der Waals surface area contributed by atoms with Crippen LogP contribution in [0.15, 0.2) is 35.6 Å². The molecule has 94 heavy (non-hydrogen) atoms. The molecule has 16 atom stereocenters. The van der Waals surface area contributed by atoms with Crippen LogP contribution in [0.2, 0.25) is 15.7 Å². The van der Waals surface area contributed by atoms with Gasteiger partial charge in [0, 0.05) is 48.8 Å². The van der Waals surface area contributed by atoms with Gasteiger partial charge in [-0.3, -0.25) is 13.7 Å². The smallest absolute Gasteiger partial charge is 0.226 e. The van der Waals surface area contributed by atoms with Crippen molar-refractivity contribution < 1.29 is 57.4 Å². The van der Waals surface area contributed by atoms with E-state index in [0.29, 0.717) is 85.7 Å². The number of nitrogen functional groups attached to an aromatic ring is 3. The molecular formula is C55H69Cl3N19O12P3S2. The Morgan fingerprint density at radius 3 is 1.15 bits per heavy atom. The average Bonchev–Trinajstić information content (AvgIpc) is 1.71. The number of imidazole rings is 4. The lowest BCUT2D eigenvalue weighted by Crippen LogP contribution is -2.30.